The Balaban J connectivity index is 1.82. The van der Waals surface area contributed by atoms with Gasteiger partial charge in [-0.05, 0) is 36.5 Å². The van der Waals surface area contributed by atoms with Crippen molar-refractivity contribution in [2.24, 2.45) is 0 Å². The fourth-order valence-electron chi connectivity index (χ4n) is 2.47. The molecule has 1 atom stereocenters. The maximum absolute atomic E-state index is 10.8. The number of furan rings is 1. The van der Waals surface area contributed by atoms with E-state index in [1.54, 1.807) is 6.07 Å². The lowest BCUT2D eigenvalue weighted by atomic mass is 9.89. The molecule has 2 aromatic rings. The highest BCUT2D eigenvalue weighted by Crippen LogP contribution is 2.34. The topological polar surface area (TPSA) is 59.7 Å². The van der Waals surface area contributed by atoms with E-state index < -0.39 is 5.97 Å². The number of carboxylic acids is 1. The van der Waals surface area contributed by atoms with E-state index in [1.165, 1.54) is 17.2 Å². The molecule has 0 saturated heterocycles. The van der Waals surface area contributed by atoms with Gasteiger partial charge in [-0.2, -0.15) is 0 Å². The van der Waals surface area contributed by atoms with E-state index in [4.69, 9.17) is 14.3 Å². The third-order valence-corrected chi connectivity index (χ3v) is 3.36. The standard InChI is InChI=1S/C15H14O4/c16-15(17)13-8-9-14(19-13)18-12-7-3-5-10-4-1-2-6-11(10)12/h1-2,4,6,8-9,12H,3,5,7H2,(H,16,17). The largest absolute Gasteiger partial charge is 0.475 e. The summed E-state index contributed by atoms with van der Waals surface area (Å²) in [6.07, 6.45) is 2.99. The zero-order chi connectivity index (χ0) is 13.2. The Morgan fingerprint density at radius 3 is 2.89 bits per heavy atom. The highest BCUT2D eigenvalue weighted by atomic mass is 16.6. The van der Waals surface area contributed by atoms with Gasteiger partial charge >= 0.3 is 5.97 Å². The fourth-order valence-corrected chi connectivity index (χ4v) is 2.47. The summed E-state index contributed by atoms with van der Waals surface area (Å²) in [6.45, 7) is 0. The SMILES string of the molecule is O=C(O)c1ccc(OC2CCCc3ccccc32)o1. The third kappa shape index (κ3) is 2.34. The van der Waals surface area contributed by atoms with Crippen LogP contribution in [0.15, 0.2) is 40.8 Å². The monoisotopic (exact) mass is 258 g/mol. The van der Waals surface area contributed by atoms with Gasteiger partial charge in [0.05, 0.1) is 0 Å². The van der Waals surface area contributed by atoms with Crippen molar-refractivity contribution in [1.29, 1.82) is 0 Å². The van der Waals surface area contributed by atoms with Crippen LogP contribution in [0, 0.1) is 0 Å². The van der Waals surface area contributed by atoms with Crippen LogP contribution in [0.3, 0.4) is 0 Å². The third-order valence-electron chi connectivity index (χ3n) is 3.36. The maximum Gasteiger partial charge on any atom is 0.371 e. The molecule has 0 bridgehead atoms. The average Bonchev–Trinajstić information content (AvgIpc) is 2.88. The van der Waals surface area contributed by atoms with Crippen LogP contribution in [0.25, 0.3) is 0 Å². The molecule has 0 aliphatic heterocycles. The molecular weight excluding hydrogens is 244 g/mol. The minimum Gasteiger partial charge on any atom is -0.475 e. The van der Waals surface area contributed by atoms with Gasteiger partial charge in [-0.15, -0.1) is 0 Å². The Morgan fingerprint density at radius 1 is 1.26 bits per heavy atom. The quantitative estimate of drug-likeness (QED) is 0.916. The van der Waals surface area contributed by atoms with Crippen LogP contribution in [0.4, 0.5) is 0 Å². The predicted molar refractivity (Wildman–Crippen MR) is 68.4 cm³/mol. The van der Waals surface area contributed by atoms with Crippen molar-refractivity contribution in [3.05, 3.63) is 53.3 Å². The molecule has 1 aromatic carbocycles. The smallest absolute Gasteiger partial charge is 0.371 e. The molecule has 19 heavy (non-hydrogen) atoms. The highest BCUT2D eigenvalue weighted by molar-refractivity contribution is 5.84. The summed E-state index contributed by atoms with van der Waals surface area (Å²) < 4.78 is 10.9. The van der Waals surface area contributed by atoms with E-state index in [0.29, 0.717) is 0 Å². The number of ether oxygens (including phenoxy) is 1. The summed E-state index contributed by atoms with van der Waals surface area (Å²) in [4.78, 5) is 10.8. The van der Waals surface area contributed by atoms with Crippen molar-refractivity contribution in [2.75, 3.05) is 0 Å². The minimum absolute atomic E-state index is 0.0576. The van der Waals surface area contributed by atoms with Gasteiger partial charge in [0.25, 0.3) is 5.95 Å². The fraction of sp³-hybridized carbons (Fsp3) is 0.267. The van der Waals surface area contributed by atoms with Crippen molar-refractivity contribution < 1.29 is 19.1 Å². The summed E-state index contributed by atoms with van der Waals surface area (Å²) >= 11 is 0. The molecule has 0 amide bonds. The molecule has 0 saturated carbocycles. The Labute approximate surface area is 110 Å². The van der Waals surface area contributed by atoms with Crippen molar-refractivity contribution >= 4 is 5.97 Å². The van der Waals surface area contributed by atoms with Crippen molar-refractivity contribution in [3.8, 4) is 5.95 Å². The molecule has 1 unspecified atom stereocenters. The summed E-state index contributed by atoms with van der Waals surface area (Å²) in [5, 5.41) is 8.81. The molecule has 1 N–H and O–H groups in total. The van der Waals surface area contributed by atoms with Crippen molar-refractivity contribution in [1.82, 2.24) is 0 Å². The number of hydrogen-bond acceptors (Lipinski definition) is 3. The zero-order valence-electron chi connectivity index (χ0n) is 10.3. The number of hydrogen-bond donors (Lipinski definition) is 1. The van der Waals surface area contributed by atoms with Crippen molar-refractivity contribution in [3.63, 3.8) is 0 Å². The molecule has 0 fully saturated rings. The van der Waals surface area contributed by atoms with Gasteiger partial charge in [0.2, 0.25) is 5.76 Å². The van der Waals surface area contributed by atoms with Crippen LogP contribution in [-0.4, -0.2) is 11.1 Å². The second kappa shape index (κ2) is 4.80. The van der Waals surface area contributed by atoms with Gasteiger partial charge in [-0.3, -0.25) is 0 Å². The Kier molecular flexibility index (Phi) is 2.99. The van der Waals surface area contributed by atoms with E-state index in [-0.39, 0.29) is 17.8 Å². The second-order valence-corrected chi connectivity index (χ2v) is 4.62. The number of fused-ring (bicyclic) bond motifs is 1. The molecule has 1 heterocycles. The first-order chi connectivity index (χ1) is 9.24. The van der Waals surface area contributed by atoms with E-state index in [0.717, 1.165) is 19.3 Å². The number of rotatable bonds is 3. The zero-order valence-corrected chi connectivity index (χ0v) is 10.3. The Hall–Kier alpha value is -2.23. The highest BCUT2D eigenvalue weighted by Gasteiger charge is 2.22. The van der Waals surface area contributed by atoms with Crippen LogP contribution < -0.4 is 4.74 Å². The molecule has 3 rings (SSSR count). The second-order valence-electron chi connectivity index (χ2n) is 4.62. The molecule has 1 aliphatic rings. The molecule has 1 aliphatic carbocycles. The molecule has 0 radical (unpaired) electrons. The molecule has 4 nitrogen and oxygen atoms in total. The van der Waals surface area contributed by atoms with E-state index in [2.05, 4.69) is 12.1 Å². The first kappa shape index (κ1) is 11.8. The van der Waals surface area contributed by atoms with Crippen LogP contribution in [0.5, 0.6) is 5.95 Å². The van der Waals surface area contributed by atoms with Gasteiger partial charge in [-0.1, -0.05) is 24.3 Å². The summed E-state index contributed by atoms with van der Waals surface area (Å²) in [7, 11) is 0. The van der Waals surface area contributed by atoms with Crippen LogP contribution in [0.1, 0.15) is 40.6 Å². The molecule has 0 spiro atoms. The van der Waals surface area contributed by atoms with Gasteiger partial charge in [-0.25, -0.2) is 4.79 Å². The lowest BCUT2D eigenvalue weighted by Crippen LogP contribution is -2.14. The van der Waals surface area contributed by atoms with Crippen molar-refractivity contribution in [2.45, 2.75) is 25.4 Å². The normalized spacial score (nSPS) is 17.8. The Morgan fingerprint density at radius 2 is 2.11 bits per heavy atom. The Bertz CT molecular complexity index is 600. The molecular formula is C15H14O4. The van der Waals surface area contributed by atoms with E-state index >= 15 is 0 Å². The predicted octanol–water partition coefficient (Wildman–Crippen LogP) is 3.43. The van der Waals surface area contributed by atoms with Gasteiger partial charge < -0.3 is 14.3 Å². The van der Waals surface area contributed by atoms with Crippen LogP contribution in [0.2, 0.25) is 0 Å². The average molecular weight is 258 g/mol. The number of aryl methyl sites for hydroxylation is 1. The number of aromatic carboxylic acids is 1. The molecule has 4 heteroatoms. The van der Waals surface area contributed by atoms with E-state index in [9.17, 15) is 4.79 Å². The summed E-state index contributed by atoms with van der Waals surface area (Å²) in [5.74, 6) is -0.919. The van der Waals surface area contributed by atoms with E-state index in [1.807, 2.05) is 12.1 Å². The number of carboxylic acid groups (broad SMARTS) is 1. The summed E-state index contributed by atoms with van der Waals surface area (Å²) in [6, 6.07) is 11.1. The van der Waals surface area contributed by atoms with Crippen LogP contribution in [-0.2, 0) is 6.42 Å². The first-order valence-electron chi connectivity index (χ1n) is 6.31. The van der Waals surface area contributed by atoms with Gasteiger partial charge in [0, 0.05) is 6.07 Å². The number of carbonyl (C=O) groups is 1. The lowest BCUT2D eigenvalue weighted by Gasteiger charge is -2.25. The van der Waals surface area contributed by atoms with Gasteiger partial charge in [0.1, 0.15) is 6.10 Å². The minimum atomic E-state index is -1.08. The summed E-state index contributed by atoms with van der Waals surface area (Å²) in [5.41, 5.74) is 2.46. The molecule has 1 aromatic heterocycles. The first-order valence-corrected chi connectivity index (χ1v) is 6.31. The van der Waals surface area contributed by atoms with Crippen LogP contribution >= 0.6 is 0 Å². The number of benzene rings is 1. The lowest BCUT2D eigenvalue weighted by molar-refractivity contribution is 0.0642. The molecule has 98 valence electrons. The maximum atomic E-state index is 10.8. The van der Waals surface area contributed by atoms with Gasteiger partial charge in [0.15, 0.2) is 0 Å².